The smallest absolute Gasteiger partial charge is 0.241 e. The van der Waals surface area contributed by atoms with Crippen molar-refractivity contribution >= 4 is 35.8 Å². The average molecular weight is 370 g/mol. The molecule has 0 aromatic carbocycles. The van der Waals surface area contributed by atoms with Crippen molar-refractivity contribution in [1.82, 2.24) is 10.2 Å². The van der Waals surface area contributed by atoms with Crippen LogP contribution < -0.4 is 11.1 Å². The van der Waals surface area contributed by atoms with Gasteiger partial charge in [0.1, 0.15) is 6.54 Å². The van der Waals surface area contributed by atoms with Crippen molar-refractivity contribution in [3.05, 3.63) is 0 Å². The summed E-state index contributed by atoms with van der Waals surface area (Å²) in [5, 5.41) is 2.75. The van der Waals surface area contributed by atoms with Crippen LogP contribution in [0, 0.1) is 0 Å². The molecule has 0 aliphatic carbocycles. The average Bonchev–Trinajstić information content (AvgIpc) is 2.33. The summed E-state index contributed by atoms with van der Waals surface area (Å²) >= 11 is 0. The number of halogens is 1. The lowest BCUT2D eigenvalue weighted by Crippen LogP contribution is -2.48. The molecular weight excluding hydrogens is 347 g/mol. The molecule has 1 fully saturated rings. The molecule has 1 saturated heterocycles. The number of carbonyl (C=O) groups excluding carboxylic acids is 1. The number of guanidine groups is 1. The van der Waals surface area contributed by atoms with Crippen molar-refractivity contribution in [1.29, 1.82) is 0 Å². The van der Waals surface area contributed by atoms with E-state index >= 15 is 0 Å². The van der Waals surface area contributed by atoms with E-state index in [1.165, 1.54) is 0 Å². The van der Waals surface area contributed by atoms with Crippen LogP contribution in [0.15, 0.2) is 4.99 Å². The molecule has 7 heteroatoms. The van der Waals surface area contributed by atoms with Crippen molar-refractivity contribution in [2.45, 2.75) is 26.4 Å². The summed E-state index contributed by atoms with van der Waals surface area (Å²) in [5.41, 5.74) is 5.83. The van der Waals surface area contributed by atoms with Crippen LogP contribution >= 0.6 is 24.0 Å². The molecule has 0 bridgehead atoms. The molecule has 1 heterocycles. The molecule has 0 aromatic heterocycles. The maximum atomic E-state index is 11.3. The summed E-state index contributed by atoms with van der Waals surface area (Å²) in [5.74, 6) is 0.336. The van der Waals surface area contributed by atoms with Crippen LogP contribution in [0.5, 0.6) is 0 Å². The predicted molar refractivity (Wildman–Crippen MR) is 82.2 cm³/mol. The van der Waals surface area contributed by atoms with E-state index in [9.17, 15) is 4.79 Å². The Morgan fingerprint density at radius 1 is 1.61 bits per heavy atom. The summed E-state index contributed by atoms with van der Waals surface area (Å²) in [6.07, 6.45) is 1.08. The highest BCUT2D eigenvalue weighted by molar-refractivity contribution is 14.0. The van der Waals surface area contributed by atoms with Gasteiger partial charge >= 0.3 is 0 Å². The first-order valence-electron chi connectivity index (χ1n) is 6.06. The van der Waals surface area contributed by atoms with Gasteiger partial charge in [0.2, 0.25) is 5.91 Å². The Morgan fingerprint density at radius 2 is 2.33 bits per heavy atom. The van der Waals surface area contributed by atoms with Crippen LogP contribution in [0.25, 0.3) is 0 Å². The third-order valence-electron chi connectivity index (χ3n) is 2.52. The monoisotopic (exact) mass is 370 g/mol. The first-order valence-corrected chi connectivity index (χ1v) is 6.06. The molecular formula is C11H23IN4O2. The van der Waals surface area contributed by atoms with E-state index in [2.05, 4.69) is 10.3 Å². The largest absolute Gasteiger partial charge is 0.375 e. The zero-order chi connectivity index (χ0) is 12.7. The summed E-state index contributed by atoms with van der Waals surface area (Å²) in [6.45, 7) is 6.89. The second-order valence-electron chi connectivity index (χ2n) is 4.15. The van der Waals surface area contributed by atoms with Crippen LogP contribution in [-0.2, 0) is 9.53 Å². The van der Waals surface area contributed by atoms with Gasteiger partial charge in [0, 0.05) is 19.6 Å². The predicted octanol–water partition coefficient (Wildman–Crippen LogP) is 0.166. The Hall–Kier alpha value is -0.570. The number of aliphatic imine (C=N–C) groups is 1. The normalized spacial score (nSPS) is 20.2. The molecule has 106 valence electrons. The number of morpholine rings is 1. The van der Waals surface area contributed by atoms with Gasteiger partial charge in [-0.1, -0.05) is 6.92 Å². The van der Waals surface area contributed by atoms with Crippen molar-refractivity contribution < 1.29 is 9.53 Å². The van der Waals surface area contributed by atoms with Gasteiger partial charge in [-0.2, -0.15) is 0 Å². The number of rotatable bonds is 4. The second-order valence-corrected chi connectivity index (χ2v) is 4.15. The van der Waals surface area contributed by atoms with E-state index in [0.29, 0.717) is 19.1 Å². The molecule has 1 aliphatic rings. The fraction of sp³-hybridized carbons (Fsp3) is 0.818. The molecule has 0 aromatic rings. The Labute approximate surface area is 125 Å². The van der Waals surface area contributed by atoms with Crippen LogP contribution in [-0.4, -0.2) is 55.7 Å². The van der Waals surface area contributed by atoms with Crippen molar-refractivity contribution in [2.75, 3.05) is 32.8 Å². The van der Waals surface area contributed by atoms with Crippen LogP contribution in [0.2, 0.25) is 0 Å². The maximum absolute atomic E-state index is 11.3. The molecule has 1 aliphatic heterocycles. The van der Waals surface area contributed by atoms with E-state index in [0.717, 1.165) is 19.5 Å². The molecule has 0 radical (unpaired) electrons. The first-order chi connectivity index (χ1) is 8.13. The van der Waals surface area contributed by atoms with E-state index < -0.39 is 0 Å². The summed E-state index contributed by atoms with van der Waals surface area (Å²) in [7, 11) is 0. The van der Waals surface area contributed by atoms with Crippen molar-refractivity contribution in [3.8, 4) is 0 Å². The van der Waals surface area contributed by atoms with E-state index in [-0.39, 0.29) is 42.5 Å². The minimum Gasteiger partial charge on any atom is -0.375 e. The van der Waals surface area contributed by atoms with Gasteiger partial charge in [-0.3, -0.25) is 4.79 Å². The molecule has 1 unspecified atom stereocenters. The van der Waals surface area contributed by atoms with Crippen molar-refractivity contribution in [3.63, 3.8) is 0 Å². The van der Waals surface area contributed by atoms with E-state index in [1.807, 2.05) is 18.7 Å². The number of hydrogen-bond acceptors (Lipinski definition) is 3. The minimum atomic E-state index is -0.0869. The standard InChI is InChI=1S/C11H22N4O2.HI/c1-3-4-13-10(16)7-14-11(12)15-5-6-17-9(2)8-15;/h9H,3-8H2,1-2H3,(H2,12,14)(H,13,16);1H. The molecule has 6 nitrogen and oxygen atoms in total. The summed E-state index contributed by atoms with van der Waals surface area (Å²) < 4.78 is 5.41. The fourth-order valence-electron chi connectivity index (χ4n) is 1.60. The van der Waals surface area contributed by atoms with Gasteiger partial charge in [0.25, 0.3) is 0 Å². The third-order valence-corrected chi connectivity index (χ3v) is 2.52. The molecule has 1 atom stereocenters. The van der Waals surface area contributed by atoms with E-state index in [1.54, 1.807) is 0 Å². The van der Waals surface area contributed by atoms with Crippen LogP contribution in [0.4, 0.5) is 0 Å². The lowest BCUT2D eigenvalue weighted by molar-refractivity contribution is -0.119. The maximum Gasteiger partial charge on any atom is 0.241 e. The van der Waals surface area contributed by atoms with Gasteiger partial charge < -0.3 is 20.7 Å². The second kappa shape index (κ2) is 9.37. The Morgan fingerprint density at radius 3 is 2.94 bits per heavy atom. The molecule has 0 spiro atoms. The minimum absolute atomic E-state index is 0. The molecule has 1 amide bonds. The Balaban J connectivity index is 0.00000289. The van der Waals surface area contributed by atoms with Gasteiger partial charge in [-0.25, -0.2) is 4.99 Å². The molecule has 1 rings (SSSR count). The number of hydrogen-bond donors (Lipinski definition) is 2. The van der Waals surface area contributed by atoms with Gasteiger partial charge in [-0.15, -0.1) is 24.0 Å². The van der Waals surface area contributed by atoms with Crippen molar-refractivity contribution in [2.24, 2.45) is 10.7 Å². The van der Waals surface area contributed by atoms with Gasteiger partial charge in [0.05, 0.1) is 12.7 Å². The first kappa shape index (κ1) is 17.4. The van der Waals surface area contributed by atoms with Gasteiger partial charge in [0.15, 0.2) is 5.96 Å². The highest BCUT2D eigenvalue weighted by atomic mass is 127. The summed E-state index contributed by atoms with van der Waals surface area (Å²) in [4.78, 5) is 17.4. The van der Waals surface area contributed by atoms with E-state index in [4.69, 9.17) is 10.5 Å². The number of ether oxygens (including phenoxy) is 1. The highest BCUT2D eigenvalue weighted by Gasteiger charge is 2.18. The Bertz CT molecular complexity index is 286. The number of nitrogens with zero attached hydrogens (tertiary/aromatic N) is 2. The molecule has 0 saturated carbocycles. The lowest BCUT2D eigenvalue weighted by Gasteiger charge is -2.31. The number of amides is 1. The van der Waals surface area contributed by atoms with Crippen LogP contribution in [0.3, 0.4) is 0 Å². The molecule has 3 N–H and O–H groups in total. The fourth-order valence-corrected chi connectivity index (χ4v) is 1.60. The number of nitrogens with two attached hydrogens (primary N) is 1. The zero-order valence-electron chi connectivity index (χ0n) is 11.0. The Kier molecular flexibility index (Phi) is 9.08. The van der Waals surface area contributed by atoms with Crippen LogP contribution in [0.1, 0.15) is 20.3 Å². The SMILES string of the molecule is CCCNC(=O)CN=C(N)N1CCOC(C)C1.I. The van der Waals surface area contributed by atoms with Gasteiger partial charge in [-0.05, 0) is 13.3 Å². The summed E-state index contributed by atoms with van der Waals surface area (Å²) in [6, 6.07) is 0. The molecule has 18 heavy (non-hydrogen) atoms. The zero-order valence-corrected chi connectivity index (χ0v) is 13.3. The number of nitrogens with one attached hydrogen (secondary N) is 1. The lowest BCUT2D eigenvalue weighted by atomic mass is 10.3. The third kappa shape index (κ3) is 6.39. The number of carbonyl (C=O) groups is 1. The quantitative estimate of drug-likeness (QED) is 0.420. The topological polar surface area (TPSA) is 80.0 Å². The highest BCUT2D eigenvalue weighted by Crippen LogP contribution is 2.03.